The molecule has 0 aromatic carbocycles. The third-order valence-corrected chi connectivity index (χ3v) is 3.63. The van der Waals surface area contributed by atoms with E-state index < -0.39 is 5.79 Å². The maximum atomic E-state index is 9.84. The van der Waals surface area contributed by atoms with Gasteiger partial charge in [-0.2, -0.15) is 0 Å². The Kier molecular flexibility index (Phi) is 2.79. The Morgan fingerprint density at radius 3 is 1.83 bits per heavy atom. The van der Waals surface area contributed by atoms with Crippen LogP contribution in [0.2, 0.25) is 0 Å². The molecular weight excluding hydrogens is 152 g/mol. The highest BCUT2D eigenvalue weighted by Crippen LogP contribution is 2.47. The molecule has 2 nitrogen and oxygen atoms in total. The Hall–Kier alpha value is -0.0800. The van der Waals surface area contributed by atoms with Crippen LogP contribution in [0.3, 0.4) is 0 Å². The Morgan fingerprint density at radius 2 is 1.50 bits per heavy atom. The molecule has 1 aliphatic rings. The van der Waals surface area contributed by atoms with Gasteiger partial charge in [-0.3, -0.25) is 0 Å². The zero-order valence-electron chi connectivity index (χ0n) is 8.14. The summed E-state index contributed by atoms with van der Waals surface area (Å²) in [5.74, 6) is -1.41. The van der Waals surface area contributed by atoms with Crippen molar-refractivity contribution in [2.45, 2.75) is 58.2 Å². The molecule has 0 unspecified atom stereocenters. The summed E-state index contributed by atoms with van der Waals surface area (Å²) < 4.78 is 0. The number of hydrogen-bond acceptors (Lipinski definition) is 2. The van der Waals surface area contributed by atoms with Gasteiger partial charge in [0.05, 0.1) is 0 Å². The minimum absolute atomic E-state index is 0.231. The largest absolute Gasteiger partial charge is 0.365 e. The topological polar surface area (TPSA) is 40.5 Å². The van der Waals surface area contributed by atoms with E-state index in [9.17, 15) is 10.2 Å². The van der Waals surface area contributed by atoms with Crippen LogP contribution in [0.4, 0.5) is 0 Å². The summed E-state index contributed by atoms with van der Waals surface area (Å²) in [5.41, 5.74) is -0.231. The Morgan fingerprint density at radius 1 is 1.00 bits per heavy atom. The van der Waals surface area contributed by atoms with E-state index in [1.807, 2.05) is 0 Å². The van der Waals surface area contributed by atoms with E-state index in [0.717, 1.165) is 32.1 Å². The predicted octanol–water partition coefficient (Wildman–Crippen LogP) is 2.05. The highest BCUT2D eigenvalue weighted by Gasteiger charge is 2.47. The average molecular weight is 172 g/mol. The van der Waals surface area contributed by atoms with E-state index in [4.69, 9.17) is 0 Å². The van der Waals surface area contributed by atoms with Crippen LogP contribution in [0.1, 0.15) is 52.4 Å². The molecule has 0 heterocycles. The van der Waals surface area contributed by atoms with E-state index in [0.29, 0.717) is 6.42 Å². The smallest absolute Gasteiger partial charge is 0.168 e. The molecule has 1 saturated carbocycles. The van der Waals surface area contributed by atoms with Crippen LogP contribution in [0, 0.1) is 5.41 Å². The van der Waals surface area contributed by atoms with Crippen LogP contribution in [0.15, 0.2) is 0 Å². The van der Waals surface area contributed by atoms with Crippen molar-refractivity contribution in [2.24, 2.45) is 5.41 Å². The molecule has 72 valence electrons. The standard InChI is InChI=1S/C10H20O2/c1-3-9(4-2)7-5-6-8-10(9,11)12/h11-12H,3-8H2,1-2H3. The number of hydrogen-bond donors (Lipinski definition) is 2. The molecule has 0 amide bonds. The molecule has 12 heavy (non-hydrogen) atoms. The molecule has 0 radical (unpaired) electrons. The number of aliphatic hydroxyl groups is 2. The lowest BCUT2D eigenvalue weighted by Gasteiger charge is -2.46. The quantitative estimate of drug-likeness (QED) is 0.626. The van der Waals surface area contributed by atoms with Crippen molar-refractivity contribution in [3.63, 3.8) is 0 Å². The summed E-state index contributed by atoms with van der Waals surface area (Å²) >= 11 is 0. The third kappa shape index (κ3) is 1.38. The zero-order chi connectivity index (χ0) is 9.24. The monoisotopic (exact) mass is 172 g/mol. The zero-order valence-corrected chi connectivity index (χ0v) is 8.14. The van der Waals surface area contributed by atoms with Gasteiger partial charge in [-0.25, -0.2) is 0 Å². The van der Waals surface area contributed by atoms with Crippen molar-refractivity contribution in [1.82, 2.24) is 0 Å². The lowest BCUT2D eigenvalue weighted by atomic mass is 9.66. The van der Waals surface area contributed by atoms with Gasteiger partial charge in [0, 0.05) is 11.8 Å². The second kappa shape index (κ2) is 3.35. The first-order chi connectivity index (χ1) is 5.58. The summed E-state index contributed by atoms with van der Waals surface area (Å²) in [6.07, 6.45) is 5.36. The van der Waals surface area contributed by atoms with E-state index in [-0.39, 0.29) is 5.41 Å². The van der Waals surface area contributed by atoms with Crippen molar-refractivity contribution < 1.29 is 10.2 Å². The predicted molar refractivity (Wildman–Crippen MR) is 48.7 cm³/mol. The van der Waals surface area contributed by atoms with E-state index in [2.05, 4.69) is 13.8 Å². The second-order valence-electron chi connectivity index (χ2n) is 4.01. The van der Waals surface area contributed by atoms with Crippen molar-refractivity contribution in [2.75, 3.05) is 0 Å². The SMILES string of the molecule is CCC1(CC)CCCCC1(O)O. The van der Waals surface area contributed by atoms with Crippen LogP contribution in [-0.4, -0.2) is 16.0 Å². The van der Waals surface area contributed by atoms with E-state index in [1.54, 1.807) is 0 Å². The van der Waals surface area contributed by atoms with Crippen molar-refractivity contribution >= 4 is 0 Å². The molecule has 0 aromatic heterocycles. The summed E-state index contributed by atoms with van der Waals surface area (Å²) in [6.45, 7) is 4.10. The molecule has 0 atom stereocenters. The van der Waals surface area contributed by atoms with Gasteiger partial charge in [-0.15, -0.1) is 0 Å². The molecule has 1 fully saturated rings. The molecule has 0 bridgehead atoms. The molecule has 0 saturated heterocycles. The van der Waals surface area contributed by atoms with E-state index in [1.165, 1.54) is 0 Å². The van der Waals surface area contributed by atoms with Gasteiger partial charge < -0.3 is 10.2 Å². The highest BCUT2D eigenvalue weighted by molar-refractivity contribution is 4.92. The highest BCUT2D eigenvalue weighted by atomic mass is 16.5. The first-order valence-corrected chi connectivity index (χ1v) is 5.03. The van der Waals surface area contributed by atoms with Crippen LogP contribution in [0.5, 0.6) is 0 Å². The van der Waals surface area contributed by atoms with Gasteiger partial charge in [0.15, 0.2) is 5.79 Å². The molecule has 2 heteroatoms. The first kappa shape index (κ1) is 10.0. The van der Waals surface area contributed by atoms with Crippen molar-refractivity contribution in [3.05, 3.63) is 0 Å². The van der Waals surface area contributed by atoms with Crippen molar-refractivity contribution in [1.29, 1.82) is 0 Å². The fourth-order valence-corrected chi connectivity index (χ4v) is 2.47. The van der Waals surface area contributed by atoms with Gasteiger partial charge in [0.25, 0.3) is 0 Å². The van der Waals surface area contributed by atoms with Gasteiger partial charge in [-0.05, 0) is 25.7 Å². The fourth-order valence-electron chi connectivity index (χ4n) is 2.47. The maximum absolute atomic E-state index is 9.84. The minimum Gasteiger partial charge on any atom is -0.365 e. The van der Waals surface area contributed by atoms with Gasteiger partial charge >= 0.3 is 0 Å². The van der Waals surface area contributed by atoms with Gasteiger partial charge in [-0.1, -0.05) is 20.3 Å². The third-order valence-electron chi connectivity index (χ3n) is 3.63. The van der Waals surface area contributed by atoms with Gasteiger partial charge in [0.1, 0.15) is 0 Å². The molecule has 2 N–H and O–H groups in total. The molecule has 0 spiro atoms. The molecule has 1 rings (SSSR count). The molecule has 1 aliphatic carbocycles. The van der Waals surface area contributed by atoms with Gasteiger partial charge in [0.2, 0.25) is 0 Å². The summed E-state index contributed by atoms with van der Waals surface area (Å²) in [7, 11) is 0. The lowest BCUT2D eigenvalue weighted by Crippen LogP contribution is -2.49. The van der Waals surface area contributed by atoms with Crippen LogP contribution in [0.25, 0.3) is 0 Å². The Labute approximate surface area is 74.6 Å². The average Bonchev–Trinajstić information content (AvgIpc) is 2.05. The lowest BCUT2D eigenvalue weighted by molar-refractivity contribution is -0.264. The second-order valence-corrected chi connectivity index (χ2v) is 4.01. The van der Waals surface area contributed by atoms with Crippen molar-refractivity contribution in [3.8, 4) is 0 Å². The number of rotatable bonds is 2. The Balaban J connectivity index is 2.81. The Bertz CT molecular complexity index is 148. The summed E-state index contributed by atoms with van der Waals surface area (Å²) in [4.78, 5) is 0. The van der Waals surface area contributed by atoms with Crippen LogP contribution in [-0.2, 0) is 0 Å². The van der Waals surface area contributed by atoms with Crippen LogP contribution < -0.4 is 0 Å². The summed E-state index contributed by atoms with van der Waals surface area (Å²) in [5, 5.41) is 19.7. The summed E-state index contributed by atoms with van der Waals surface area (Å²) in [6, 6.07) is 0. The normalized spacial score (nSPS) is 27.0. The molecule has 0 aliphatic heterocycles. The van der Waals surface area contributed by atoms with Crippen LogP contribution >= 0.6 is 0 Å². The molecule has 0 aromatic rings. The minimum atomic E-state index is -1.41. The fraction of sp³-hybridized carbons (Fsp3) is 1.00. The molecular formula is C10H20O2. The maximum Gasteiger partial charge on any atom is 0.168 e. The van der Waals surface area contributed by atoms with E-state index >= 15 is 0 Å². The first-order valence-electron chi connectivity index (χ1n) is 5.03.